The molecule has 0 saturated heterocycles. The zero-order valence-corrected chi connectivity index (χ0v) is 34.4. The van der Waals surface area contributed by atoms with E-state index in [1.54, 1.807) is 59.7 Å². The van der Waals surface area contributed by atoms with Crippen LogP contribution < -0.4 is 20.9 Å². The van der Waals surface area contributed by atoms with E-state index >= 15 is 0 Å². The Kier molecular flexibility index (Phi) is 15.5. The number of esters is 1. The molecule has 0 saturated carbocycles. The second kappa shape index (κ2) is 19.1. The molecule has 3 N–H and O–H groups in total. The van der Waals surface area contributed by atoms with E-state index in [1.165, 1.54) is 41.3 Å². The van der Waals surface area contributed by atoms with E-state index in [9.17, 15) is 54.7 Å². The third kappa shape index (κ3) is 13.2. The number of carbonyl (C=O) groups excluding carboxylic acids is 5. The van der Waals surface area contributed by atoms with Crippen molar-refractivity contribution in [2.45, 2.75) is 110 Å². The highest BCUT2D eigenvalue weighted by atomic mass is 19.4. The molecule has 3 rings (SSSR count). The molecule has 3 aromatic rings. The minimum Gasteiger partial charge on any atom is -0.458 e. The number of benzene rings is 3. The summed E-state index contributed by atoms with van der Waals surface area (Å²) in [5.41, 5.74) is -9.41. The molecule has 1 atom stereocenters. The van der Waals surface area contributed by atoms with Crippen molar-refractivity contribution in [1.82, 2.24) is 10.6 Å². The summed E-state index contributed by atoms with van der Waals surface area (Å²) in [5, 5.41) is 7.68. The van der Waals surface area contributed by atoms with Crippen molar-refractivity contribution >= 4 is 41.2 Å². The van der Waals surface area contributed by atoms with Gasteiger partial charge in [-0.2, -0.15) is 26.3 Å². The van der Waals surface area contributed by atoms with Crippen molar-refractivity contribution in [1.29, 1.82) is 0 Å². The van der Waals surface area contributed by atoms with Crippen LogP contribution in [0.1, 0.15) is 98.2 Å². The maximum absolute atomic E-state index is 14.8. The summed E-state index contributed by atoms with van der Waals surface area (Å²) in [4.78, 5) is 66.8. The van der Waals surface area contributed by atoms with Crippen molar-refractivity contribution in [3.63, 3.8) is 0 Å². The summed E-state index contributed by atoms with van der Waals surface area (Å²) in [6, 6.07) is 13.2. The van der Waals surface area contributed by atoms with Crippen LogP contribution in [0.5, 0.6) is 0 Å². The largest absolute Gasteiger partial charge is 0.458 e. The predicted octanol–water partition coefficient (Wildman–Crippen LogP) is 9.01. The fourth-order valence-corrected chi connectivity index (χ4v) is 5.84. The molecule has 4 amide bonds. The summed E-state index contributed by atoms with van der Waals surface area (Å²) in [7, 11) is 0. The quantitative estimate of drug-likeness (QED) is 0.0835. The molecular weight excluding hydrogens is 805 g/mol. The number of nitrogens with one attached hydrogen (secondary N) is 3. The van der Waals surface area contributed by atoms with Gasteiger partial charge in [0.25, 0.3) is 11.8 Å². The minimum absolute atomic E-state index is 0.0735. The number of alkyl carbamates (subject to hydrolysis) is 1. The summed E-state index contributed by atoms with van der Waals surface area (Å²) >= 11 is 0. The van der Waals surface area contributed by atoms with Gasteiger partial charge in [-0.25, -0.2) is 14.0 Å². The Balaban J connectivity index is 1.78. The van der Waals surface area contributed by atoms with Crippen LogP contribution in [0, 0.1) is 13.8 Å². The number of aryl methyl sites for hydroxylation is 2. The first-order valence-electron chi connectivity index (χ1n) is 18.8. The van der Waals surface area contributed by atoms with Gasteiger partial charge in [0, 0.05) is 47.6 Å². The Morgan fingerprint density at radius 1 is 0.717 bits per heavy atom. The molecule has 11 nitrogen and oxygen atoms in total. The molecule has 60 heavy (non-hydrogen) atoms. The van der Waals surface area contributed by atoms with E-state index in [4.69, 9.17) is 9.47 Å². The number of nitrogens with zero attached hydrogens (tertiary/aromatic N) is 1. The lowest BCUT2D eigenvalue weighted by Gasteiger charge is -2.31. The van der Waals surface area contributed by atoms with Crippen LogP contribution in [-0.2, 0) is 24.7 Å². The molecule has 0 aliphatic carbocycles. The van der Waals surface area contributed by atoms with Gasteiger partial charge in [-0.05, 0) is 110 Å². The number of ether oxygens (including phenoxy) is 2. The molecule has 0 radical (unpaired) electrons. The predicted molar refractivity (Wildman–Crippen MR) is 209 cm³/mol. The van der Waals surface area contributed by atoms with Gasteiger partial charge in [0.05, 0.1) is 0 Å². The van der Waals surface area contributed by atoms with E-state index in [1.807, 2.05) is 0 Å². The van der Waals surface area contributed by atoms with Gasteiger partial charge in [0.1, 0.15) is 17.2 Å². The van der Waals surface area contributed by atoms with Gasteiger partial charge in [-0.15, -0.1) is 0 Å². The van der Waals surface area contributed by atoms with Crippen LogP contribution in [0.2, 0.25) is 0 Å². The lowest BCUT2D eigenvalue weighted by Crippen LogP contribution is -2.50. The van der Waals surface area contributed by atoms with Crippen LogP contribution >= 0.6 is 0 Å². The number of carbonyl (C=O) groups is 5. The monoisotopic (exact) mass is 854 g/mol. The van der Waals surface area contributed by atoms with Crippen molar-refractivity contribution in [2.75, 3.05) is 23.3 Å². The lowest BCUT2D eigenvalue weighted by atomic mass is 9.90. The van der Waals surface area contributed by atoms with Crippen LogP contribution in [-0.4, -0.2) is 72.5 Å². The Bertz CT molecular complexity index is 1990. The van der Waals surface area contributed by atoms with Gasteiger partial charge in [-0.3, -0.25) is 14.4 Å². The van der Waals surface area contributed by atoms with Crippen LogP contribution in [0.15, 0.2) is 66.7 Å². The molecule has 0 aromatic heterocycles. The highest BCUT2D eigenvalue weighted by molar-refractivity contribution is 6.09. The second-order valence-corrected chi connectivity index (χ2v) is 15.9. The van der Waals surface area contributed by atoms with Gasteiger partial charge in [0.15, 0.2) is 0 Å². The Morgan fingerprint density at radius 2 is 1.27 bits per heavy atom. The van der Waals surface area contributed by atoms with Gasteiger partial charge >= 0.3 is 30.1 Å². The first-order chi connectivity index (χ1) is 27.5. The molecule has 3 aromatic carbocycles. The molecule has 0 aliphatic rings. The van der Waals surface area contributed by atoms with Gasteiger partial charge in [0.2, 0.25) is 5.91 Å². The molecule has 18 heteroatoms. The summed E-state index contributed by atoms with van der Waals surface area (Å²) in [6.45, 7) is 12.1. The van der Waals surface area contributed by atoms with Crippen molar-refractivity contribution < 1.29 is 64.2 Å². The lowest BCUT2D eigenvalue weighted by molar-refractivity contribution is -0.348. The number of hydrogen-bond acceptors (Lipinski definition) is 7. The molecular formula is C42H49F7N4O7. The second-order valence-electron chi connectivity index (χ2n) is 15.9. The number of halogens is 7. The van der Waals surface area contributed by atoms with Crippen LogP contribution in [0.3, 0.4) is 0 Å². The Morgan fingerprint density at radius 3 is 1.80 bits per heavy atom. The molecule has 0 fully saturated rings. The third-order valence-electron chi connectivity index (χ3n) is 8.57. The SMILES string of the molecule is Cc1cc(C(F)(C(F)(F)F)C(F)(F)F)cc(C)c1NC(=O)c1cccc(N(CCC(=O)NCCCC(NC(=O)OC(C)(C)C)C(=O)OC(C)(C)C)C(=O)c2ccccc2)c1. The fraction of sp³-hybridized carbons (Fsp3) is 0.452. The van der Waals surface area contributed by atoms with E-state index in [0.717, 1.165) is 13.8 Å². The highest BCUT2D eigenvalue weighted by Crippen LogP contribution is 2.53. The maximum atomic E-state index is 14.8. The highest BCUT2D eigenvalue weighted by Gasteiger charge is 2.73. The van der Waals surface area contributed by atoms with Crippen molar-refractivity contribution in [2.24, 2.45) is 0 Å². The molecule has 0 bridgehead atoms. The number of anilines is 2. The number of hydrogen-bond donors (Lipinski definition) is 3. The first-order valence-corrected chi connectivity index (χ1v) is 18.8. The van der Waals surface area contributed by atoms with E-state index in [-0.39, 0.29) is 66.0 Å². The van der Waals surface area contributed by atoms with Crippen molar-refractivity contribution in [3.8, 4) is 0 Å². The summed E-state index contributed by atoms with van der Waals surface area (Å²) in [5.74, 6) is -2.57. The maximum Gasteiger partial charge on any atom is 0.435 e. The fourth-order valence-electron chi connectivity index (χ4n) is 5.84. The number of alkyl halides is 7. The van der Waals surface area contributed by atoms with Gasteiger partial charge < -0.3 is 30.3 Å². The third-order valence-corrected chi connectivity index (χ3v) is 8.57. The Labute approximate surface area is 343 Å². The van der Waals surface area contributed by atoms with Crippen LogP contribution in [0.4, 0.5) is 46.9 Å². The average molecular weight is 855 g/mol. The molecule has 0 heterocycles. The summed E-state index contributed by atoms with van der Waals surface area (Å²) in [6.07, 6.45) is -13.4. The number of amides is 4. The average Bonchev–Trinajstić information content (AvgIpc) is 3.11. The first kappa shape index (κ1) is 48.7. The minimum atomic E-state index is -6.33. The van der Waals surface area contributed by atoms with E-state index in [0.29, 0.717) is 12.1 Å². The molecule has 0 spiro atoms. The Hall–Kier alpha value is -5.68. The van der Waals surface area contributed by atoms with E-state index in [2.05, 4.69) is 16.0 Å². The zero-order valence-electron chi connectivity index (χ0n) is 34.4. The standard InChI is InChI=1S/C42H49F7N4O7/c1-25-22-29(40(43,41(44,45)46)42(47,48)49)23-26(2)33(25)52-34(55)28-16-12-17-30(24-28)53(35(56)27-14-10-9-11-15-27)21-19-32(54)50-20-13-18-31(36(57)59-38(3,4)5)51-37(58)60-39(6,7)8/h9-12,14-17,22-24,31H,13,18-21H2,1-8H3,(H,50,54)(H,51,58)(H,52,55). The smallest absolute Gasteiger partial charge is 0.435 e. The molecule has 328 valence electrons. The molecule has 1 unspecified atom stereocenters. The topological polar surface area (TPSA) is 143 Å². The normalized spacial score (nSPS) is 12.8. The summed E-state index contributed by atoms with van der Waals surface area (Å²) < 4.78 is 106. The zero-order chi connectivity index (χ0) is 45.4. The van der Waals surface area contributed by atoms with Gasteiger partial charge in [-0.1, -0.05) is 36.4 Å². The van der Waals surface area contributed by atoms with Crippen molar-refractivity contribution in [3.05, 3.63) is 94.5 Å². The van der Waals surface area contributed by atoms with Crippen LogP contribution in [0.25, 0.3) is 0 Å². The molecule has 0 aliphatic heterocycles. The number of rotatable bonds is 14. The van der Waals surface area contributed by atoms with E-state index < -0.39 is 70.6 Å².